The maximum atomic E-state index is 3.51. The topological polar surface area (TPSA) is 3.24 Å². The van der Waals surface area contributed by atoms with Crippen LogP contribution in [0.25, 0.3) is 0 Å². The Morgan fingerprint density at radius 2 is 2.07 bits per heavy atom. The van der Waals surface area contributed by atoms with Gasteiger partial charge in [0.2, 0.25) is 0 Å². The van der Waals surface area contributed by atoms with Gasteiger partial charge in [0.15, 0.2) is 0 Å². The Labute approximate surface area is 103 Å². The van der Waals surface area contributed by atoms with Crippen molar-refractivity contribution in [3.05, 3.63) is 28.2 Å². The van der Waals surface area contributed by atoms with Crippen LogP contribution in [0.3, 0.4) is 0 Å². The first-order valence-corrected chi connectivity index (χ1v) is 6.66. The standard InChI is InChI=1S/C11H15Br2N/c1-3-6-14(2)11-7-10(13)5-4-9(11)8-12/h4-5,7H,3,6,8H2,1-2H3. The molecule has 0 amide bonds. The van der Waals surface area contributed by atoms with Crippen LogP contribution in [-0.2, 0) is 5.33 Å². The van der Waals surface area contributed by atoms with E-state index >= 15 is 0 Å². The number of rotatable bonds is 4. The molecule has 0 bridgehead atoms. The van der Waals surface area contributed by atoms with Gasteiger partial charge in [0.1, 0.15) is 0 Å². The predicted octanol–water partition coefficient (Wildman–Crippen LogP) is 4.19. The van der Waals surface area contributed by atoms with Gasteiger partial charge in [-0.2, -0.15) is 0 Å². The van der Waals surface area contributed by atoms with Gasteiger partial charge in [-0.3, -0.25) is 0 Å². The van der Waals surface area contributed by atoms with E-state index in [1.54, 1.807) is 0 Å². The van der Waals surface area contributed by atoms with E-state index in [0.29, 0.717) is 0 Å². The first-order valence-electron chi connectivity index (χ1n) is 4.74. The fourth-order valence-corrected chi connectivity index (χ4v) is 2.28. The molecule has 0 spiro atoms. The number of benzene rings is 1. The summed E-state index contributed by atoms with van der Waals surface area (Å²) in [4.78, 5) is 2.29. The van der Waals surface area contributed by atoms with E-state index < -0.39 is 0 Å². The fourth-order valence-electron chi connectivity index (χ4n) is 1.46. The van der Waals surface area contributed by atoms with Crippen molar-refractivity contribution in [1.82, 2.24) is 0 Å². The molecule has 0 unspecified atom stereocenters. The Kier molecular flexibility index (Phi) is 4.96. The van der Waals surface area contributed by atoms with Gasteiger partial charge in [0, 0.05) is 29.1 Å². The monoisotopic (exact) mass is 319 g/mol. The van der Waals surface area contributed by atoms with E-state index in [0.717, 1.165) is 16.3 Å². The smallest absolute Gasteiger partial charge is 0.0416 e. The van der Waals surface area contributed by atoms with Crippen LogP contribution in [0.5, 0.6) is 0 Å². The molecule has 1 nitrogen and oxygen atoms in total. The molecule has 0 aromatic heterocycles. The Hall–Kier alpha value is -0.0200. The third-order valence-electron chi connectivity index (χ3n) is 2.16. The number of nitrogens with zero attached hydrogens (tertiary/aromatic N) is 1. The minimum Gasteiger partial charge on any atom is -0.374 e. The highest BCUT2D eigenvalue weighted by Gasteiger charge is 2.06. The van der Waals surface area contributed by atoms with E-state index in [4.69, 9.17) is 0 Å². The fraction of sp³-hybridized carbons (Fsp3) is 0.455. The highest BCUT2D eigenvalue weighted by molar-refractivity contribution is 9.10. The number of hydrogen-bond acceptors (Lipinski definition) is 1. The number of hydrogen-bond donors (Lipinski definition) is 0. The third-order valence-corrected chi connectivity index (χ3v) is 3.26. The van der Waals surface area contributed by atoms with E-state index in [9.17, 15) is 0 Å². The molecule has 0 N–H and O–H groups in total. The molecule has 3 heteroatoms. The summed E-state index contributed by atoms with van der Waals surface area (Å²) < 4.78 is 1.14. The minimum absolute atomic E-state index is 0.906. The van der Waals surface area contributed by atoms with Crippen LogP contribution >= 0.6 is 31.9 Å². The quantitative estimate of drug-likeness (QED) is 0.752. The summed E-state index contributed by atoms with van der Waals surface area (Å²) in [5, 5.41) is 0.906. The molecule has 0 aliphatic carbocycles. The van der Waals surface area contributed by atoms with Crippen LogP contribution in [0.1, 0.15) is 18.9 Å². The van der Waals surface area contributed by atoms with Crippen LogP contribution < -0.4 is 4.90 Å². The van der Waals surface area contributed by atoms with Crippen LogP contribution in [-0.4, -0.2) is 13.6 Å². The number of anilines is 1. The average Bonchev–Trinajstić information content (AvgIpc) is 2.18. The highest BCUT2D eigenvalue weighted by Crippen LogP contribution is 2.26. The molecule has 0 fully saturated rings. The molecule has 0 saturated heterocycles. The summed E-state index contributed by atoms with van der Waals surface area (Å²) >= 11 is 7.01. The van der Waals surface area contributed by atoms with Gasteiger partial charge in [-0.15, -0.1) is 0 Å². The molecule has 1 aromatic carbocycles. The summed E-state index contributed by atoms with van der Waals surface area (Å²) in [6.07, 6.45) is 1.17. The number of alkyl halides is 1. The van der Waals surface area contributed by atoms with Crippen LogP contribution in [0.2, 0.25) is 0 Å². The molecule has 14 heavy (non-hydrogen) atoms. The average molecular weight is 321 g/mol. The molecular weight excluding hydrogens is 306 g/mol. The molecule has 1 rings (SSSR count). The first-order chi connectivity index (χ1) is 6.69. The van der Waals surface area contributed by atoms with Gasteiger partial charge in [-0.05, 0) is 24.1 Å². The zero-order valence-corrected chi connectivity index (χ0v) is 11.7. The van der Waals surface area contributed by atoms with Crippen molar-refractivity contribution in [2.24, 2.45) is 0 Å². The molecular formula is C11H15Br2N. The van der Waals surface area contributed by atoms with Crippen molar-refractivity contribution in [3.8, 4) is 0 Å². The maximum absolute atomic E-state index is 3.51. The second-order valence-electron chi connectivity index (χ2n) is 3.33. The van der Waals surface area contributed by atoms with Gasteiger partial charge >= 0.3 is 0 Å². The van der Waals surface area contributed by atoms with Gasteiger partial charge < -0.3 is 4.90 Å². The summed E-state index contributed by atoms with van der Waals surface area (Å²) in [7, 11) is 2.14. The minimum atomic E-state index is 0.906. The Bertz CT molecular complexity index is 299. The largest absolute Gasteiger partial charge is 0.374 e. The zero-order valence-electron chi connectivity index (χ0n) is 8.56. The Balaban J connectivity index is 2.97. The molecule has 1 aromatic rings. The van der Waals surface area contributed by atoms with Gasteiger partial charge in [0.25, 0.3) is 0 Å². The summed E-state index contributed by atoms with van der Waals surface area (Å²) in [6, 6.07) is 6.41. The van der Waals surface area contributed by atoms with E-state index in [2.05, 4.69) is 68.9 Å². The van der Waals surface area contributed by atoms with Gasteiger partial charge in [-0.1, -0.05) is 44.8 Å². The normalized spacial score (nSPS) is 10.3. The lowest BCUT2D eigenvalue weighted by Gasteiger charge is -2.21. The van der Waals surface area contributed by atoms with E-state index in [1.165, 1.54) is 17.7 Å². The van der Waals surface area contributed by atoms with Crippen LogP contribution in [0.4, 0.5) is 5.69 Å². The molecule has 0 heterocycles. The SMILES string of the molecule is CCCN(C)c1cc(Br)ccc1CBr. The molecule has 0 radical (unpaired) electrons. The molecule has 0 atom stereocenters. The van der Waals surface area contributed by atoms with Gasteiger partial charge in [0.05, 0.1) is 0 Å². The third kappa shape index (κ3) is 2.99. The van der Waals surface area contributed by atoms with Crippen molar-refractivity contribution < 1.29 is 0 Å². The summed E-state index contributed by atoms with van der Waals surface area (Å²) in [5.41, 5.74) is 2.64. The van der Waals surface area contributed by atoms with Crippen molar-refractivity contribution >= 4 is 37.5 Å². The van der Waals surface area contributed by atoms with Crippen LogP contribution in [0.15, 0.2) is 22.7 Å². The molecule has 0 aliphatic heterocycles. The van der Waals surface area contributed by atoms with Crippen molar-refractivity contribution in [1.29, 1.82) is 0 Å². The lowest BCUT2D eigenvalue weighted by molar-refractivity contribution is 0.848. The van der Waals surface area contributed by atoms with Crippen molar-refractivity contribution in [2.75, 3.05) is 18.5 Å². The lowest BCUT2D eigenvalue weighted by atomic mass is 10.2. The molecule has 0 saturated carbocycles. The predicted molar refractivity (Wildman–Crippen MR) is 70.3 cm³/mol. The lowest BCUT2D eigenvalue weighted by Crippen LogP contribution is -2.19. The Morgan fingerprint density at radius 3 is 2.64 bits per heavy atom. The molecule has 78 valence electrons. The first kappa shape index (κ1) is 12.1. The van der Waals surface area contributed by atoms with Crippen molar-refractivity contribution in [2.45, 2.75) is 18.7 Å². The highest BCUT2D eigenvalue weighted by atomic mass is 79.9. The zero-order chi connectivity index (χ0) is 10.6. The second kappa shape index (κ2) is 5.76. The maximum Gasteiger partial charge on any atom is 0.0416 e. The second-order valence-corrected chi connectivity index (χ2v) is 4.80. The molecule has 0 aliphatic rings. The Morgan fingerprint density at radius 1 is 1.36 bits per heavy atom. The van der Waals surface area contributed by atoms with Crippen molar-refractivity contribution in [3.63, 3.8) is 0 Å². The summed E-state index contributed by atoms with van der Waals surface area (Å²) in [5.74, 6) is 0. The number of halogens is 2. The van der Waals surface area contributed by atoms with E-state index in [-0.39, 0.29) is 0 Å². The van der Waals surface area contributed by atoms with Crippen LogP contribution in [0, 0.1) is 0 Å². The summed E-state index contributed by atoms with van der Waals surface area (Å²) in [6.45, 7) is 3.29. The van der Waals surface area contributed by atoms with Gasteiger partial charge in [-0.25, -0.2) is 0 Å². The van der Waals surface area contributed by atoms with E-state index in [1.807, 2.05) is 0 Å².